The first-order valence-corrected chi connectivity index (χ1v) is 7.64. The van der Waals surface area contributed by atoms with E-state index in [1.807, 2.05) is 30.0 Å². The summed E-state index contributed by atoms with van der Waals surface area (Å²) in [5, 5.41) is 7.77. The molecule has 0 aromatic heterocycles. The lowest BCUT2D eigenvalue weighted by Crippen LogP contribution is -2.17. The molecule has 1 unspecified atom stereocenters. The first kappa shape index (κ1) is 12.7. The molecule has 2 nitrogen and oxygen atoms in total. The minimum atomic E-state index is 0.202. The van der Waals surface area contributed by atoms with Crippen molar-refractivity contribution in [1.29, 1.82) is 0 Å². The summed E-state index contributed by atoms with van der Waals surface area (Å²) in [4.78, 5) is 0. The van der Waals surface area contributed by atoms with Crippen molar-refractivity contribution in [3.05, 3.63) is 58.6 Å². The van der Waals surface area contributed by atoms with Gasteiger partial charge in [0.2, 0.25) is 0 Å². The molecule has 19 heavy (non-hydrogen) atoms. The lowest BCUT2D eigenvalue weighted by atomic mass is 10.2. The van der Waals surface area contributed by atoms with Gasteiger partial charge in [-0.05, 0) is 36.2 Å². The van der Waals surface area contributed by atoms with Crippen LogP contribution in [0.4, 0.5) is 11.4 Å². The van der Waals surface area contributed by atoms with Crippen molar-refractivity contribution in [3.8, 4) is 0 Å². The third-order valence-corrected chi connectivity index (χ3v) is 4.53. The number of aryl methyl sites for hydroxylation is 1. The SMILES string of the molecule is Cc1ccc2c(c1)NC(SCc1ccccc1Cl)N2. The molecule has 3 rings (SSSR count). The molecule has 0 bridgehead atoms. The first-order valence-electron chi connectivity index (χ1n) is 6.21. The van der Waals surface area contributed by atoms with Gasteiger partial charge in [0.1, 0.15) is 5.50 Å². The molecule has 1 atom stereocenters. The van der Waals surface area contributed by atoms with Crippen molar-refractivity contribution in [3.63, 3.8) is 0 Å². The van der Waals surface area contributed by atoms with Gasteiger partial charge in [0.25, 0.3) is 0 Å². The third-order valence-electron chi connectivity index (χ3n) is 3.11. The second kappa shape index (κ2) is 5.35. The minimum Gasteiger partial charge on any atom is -0.355 e. The van der Waals surface area contributed by atoms with Gasteiger partial charge in [-0.2, -0.15) is 0 Å². The third kappa shape index (κ3) is 2.82. The van der Waals surface area contributed by atoms with Crippen LogP contribution in [-0.2, 0) is 5.75 Å². The maximum atomic E-state index is 6.17. The summed E-state index contributed by atoms with van der Waals surface area (Å²) >= 11 is 7.97. The van der Waals surface area contributed by atoms with Gasteiger partial charge >= 0.3 is 0 Å². The minimum absolute atomic E-state index is 0.202. The molecule has 2 aromatic carbocycles. The Hall–Kier alpha value is -1.32. The Balaban J connectivity index is 1.63. The van der Waals surface area contributed by atoms with Gasteiger partial charge in [0.05, 0.1) is 11.4 Å². The fourth-order valence-corrected chi connectivity index (χ4v) is 3.39. The smallest absolute Gasteiger partial charge is 0.146 e. The molecule has 1 heterocycles. The molecule has 0 fully saturated rings. The summed E-state index contributed by atoms with van der Waals surface area (Å²) in [6.07, 6.45) is 0. The summed E-state index contributed by atoms with van der Waals surface area (Å²) in [5.41, 5.74) is 4.99. The van der Waals surface area contributed by atoms with Crippen LogP contribution in [0.25, 0.3) is 0 Å². The number of anilines is 2. The highest BCUT2D eigenvalue weighted by Crippen LogP contribution is 2.34. The van der Waals surface area contributed by atoms with Gasteiger partial charge in [-0.25, -0.2) is 0 Å². The zero-order valence-corrected chi connectivity index (χ0v) is 12.2. The normalized spacial score (nSPS) is 16.6. The molecule has 0 aliphatic carbocycles. The van der Waals surface area contributed by atoms with Gasteiger partial charge in [-0.15, -0.1) is 11.8 Å². The van der Waals surface area contributed by atoms with E-state index >= 15 is 0 Å². The summed E-state index contributed by atoms with van der Waals surface area (Å²) in [7, 11) is 0. The number of nitrogens with one attached hydrogen (secondary N) is 2. The van der Waals surface area contributed by atoms with Crippen molar-refractivity contribution in [2.24, 2.45) is 0 Å². The average molecular weight is 291 g/mol. The number of benzene rings is 2. The molecular formula is C15H15ClN2S. The Bertz CT molecular complexity index is 600. The molecule has 0 saturated carbocycles. The topological polar surface area (TPSA) is 24.1 Å². The predicted octanol–water partition coefficient (Wildman–Crippen LogP) is 4.70. The van der Waals surface area contributed by atoms with E-state index in [1.54, 1.807) is 0 Å². The van der Waals surface area contributed by atoms with Crippen molar-refractivity contribution < 1.29 is 0 Å². The number of hydrogen-bond donors (Lipinski definition) is 2. The van der Waals surface area contributed by atoms with E-state index in [-0.39, 0.29) is 5.50 Å². The van der Waals surface area contributed by atoms with E-state index in [1.165, 1.54) is 22.5 Å². The fourth-order valence-electron chi connectivity index (χ4n) is 2.09. The van der Waals surface area contributed by atoms with Crippen LogP contribution in [0.15, 0.2) is 42.5 Å². The molecular weight excluding hydrogens is 276 g/mol. The molecule has 0 saturated heterocycles. The highest BCUT2D eigenvalue weighted by molar-refractivity contribution is 7.99. The van der Waals surface area contributed by atoms with Gasteiger partial charge < -0.3 is 10.6 Å². The summed E-state index contributed by atoms with van der Waals surface area (Å²) in [6.45, 7) is 2.10. The van der Waals surface area contributed by atoms with Gasteiger partial charge in [0.15, 0.2) is 0 Å². The zero-order chi connectivity index (χ0) is 13.2. The Morgan fingerprint density at radius 3 is 2.74 bits per heavy atom. The van der Waals surface area contributed by atoms with Gasteiger partial charge in [-0.1, -0.05) is 35.9 Å². The van der Waals surface area contributed by atoms with Crippen LogP contribution in [0.3, 0.4) is 0 Å². The molecule has 0 amide bonds. The van der Waals surface area contributed by atoms with E-state index < -0.39 is 0 Å². The van der Waals surface area contributed by atoms with Crippen molar-refractivity contribution in [2.45, 2.75) is 18.2 Å². The highest BCUT2D eigenvalue weighted by atomic mass is 35.5. The van der Waals surface area contributed by atoms with Crippen LogP contribution in [0, 0.1) is 6.92 Å². The monoisotopic (exact) mass is 290 g/mol. The molecule has 1 aliphatic rings. The molecule has 98 valence electrons. The average Bonchev–Trinajstić information content (AvgIpc) is 2.79. The summed E-state index contributed by atoms with van der Waals surface area (Å²) < 4.78 is 0. The molecule has 0 spiro atoms. The van der Waals surface area contributed by atoms with E-state index in [0.29, 0.717) is 0 Å². The number of halogens is 1. The van der Waals surface area contributed by atoms with E-state index in [4.69, 9.17) is 11.6 Å². The van der Waals surface area contributed by atoms with Crippen molar-refractivity contribution in [2.75, 3.05) is 10.6 Å². The van der Waals surface area contributed by atoms with Crippen LogP contribution >= 0.6 is 23.4 Å². The maximum absolute atomic E-state index is 6.17. The fraction of sp³-hybridized carbons (Fsp3) is 0.200. The van der Waals surface area contributed by atoms with Crippen LogP contribution < -0.4 is 10.6 Å². The molecule has 4 heteroatoms. The first-order chi connectivity index (χ1) is 9.22. The lowest BCUT2D eigenvalue weighted by molar-refractivity contribution is 1.20. The van der Waals surface area contributed by atoms with Crippen LogP contribution in [0.5, 0.6) is 0 Å². The van der Waals surface area contributed by atoms with E-state index in [0.717, 1.165) is 10.8 Å². The van der Waals surface area contributed by atoms with Crippen molar-refractivity contribution >= 4 is 34.7 Å². The van der Waals surface area contributed by atoms with Gasteiger partial charge in [-0.3, -0.25) is 0 Å². The largest absolute Gasteiger partial charge is 0.355 e. The van der Waals surface area contributed by atoms with Crippen LogP contribution in [-0.4, -0.2) is 5.50 Å². The Morgan fingerprint density at radius 1 is 1.11 bits per heavy atom. The number of fused-ring (bicyclic) bond motifs is 1. The van der Waals surface area contributed by atoms with Crippen LogP contribution in [0.1, 0.15) is 11.1 Å². The molecule has 2 aromatic rings. The van der Waals surface area contributed by atoms with Crippen LogP contribution in [0.2, 0.25) is 5.02 Å². The van der Waals surface area contributed by atoms with Gasteiger partial charge in [0, 0.05) is 10.8 Å². The van der Waals surface area contributed by atoms with E-state index in [9.17, 15) is 0 Å². The standard InChI is InChI=1S/C15H15ClN2S/c1-10-6-7-13-14(8-10)18-15(17-13)19-9-11-4-2-3-5-12(11)16/h2-8,15,17-18H,9H2,1H3. The Labute approximate surface area is 122 Å². The van der Waals surface area contributed by atoms with E-state index in [2.05, 4.69) is 41.8 Å². The molecule has 1 aliphatic heterocycles. The Kier molecular flexibility index (Phi) is 3.58. The molecule has 2 N–H and O–H groups in total. The highest BCUT2D eigenvalue weighted by Gasteiger charge is 2.19. The summed E-state index contributed by atoms with van der Waals surface area (Å²) in [6, 6.07) is 14.4. The second-order valence-corrected chi connectivity index (χ2v) is 6.12. The second-order valence-electron chi connectivity index (χ2n) is 4.62. The number of thioether (sulfide) groups is 1. The maximum Gasteiger partial charge on any atom is 0.146 e. The quantitative estimate of drug-likeness (QED) is 0.856. The summed E-state index contributed by atoms with van der Waals surface area (Å²) in [5.74, 6) is 0.886. The molecule has 0 radical (unpaired) electrons. The van der Waals surface area contributed by atoms with Crippen molar-refractivity contribution in [1.82, 2.24) is 0 Å². The zero-order valence-electron chi connectivity index (χ0n) is 10.6. The Morgan fingerprint density at radius 2 is 1.89 bits per heavy atom. The lowest BCUT2D eigenvalue weighted by Gasteiger charge is -2.12. The number of rotatable bonds is 3. The number of hydrogen-bond acceptors (Lipinski definition) is 3. The predicted molar refractivity (Wildman–Crippen MR) is 85.0 cm³/mol.